The van der Waals surface area contributed by atoms with Gasteiger partial charge in [-0.1, -0.05) is 34.1 Å². The van der Waals surface area contributed by atoms with Crippen LogP contribution in [0.3, 0.4) is 0 Å². The summed E-state index contributed by atoms with van der Waals surface area (Å²) < 4.78 is 0. The normalized spacial score (nSPS) is 17.5. The quantitative estimate of drug-likeness (QED) is 0.667. The molecule has 2 unspecified atom stereocenters. The van der Waals surface area contributed by atoms with Crippen molar-refractivity contribution in [1.82, 2.24) is 10.2 Å². The van der Waals surface area contributed by atoms with Crippen molar-refractivity contribution in [2.75, 3.05) is 27.2 Å². The molecule has 0 fully saturated rings. The molecule has 0 radical (unpaired) electrons. The van der Waals surface area contributed by atoms with Gasteiger partial charge in [-0.05, 0) is 45.2 Å². The number of nitrogens with one attached hydrogen (secondary N) is 1. The number of nitrogens with zero attached hydrogens (tertiary/aromatic N) is 1. The summed E-state index contributed by atoms with van der Waals surface area (Å²) in [5, 5.41) is 3.35. The molecular formula is C15H34N2. The maximum atomic E-state index is 3.35. The molecule has 0 aromatic carbocycles. The molecule has 0 rings (SSSR count). The molecule has 0 heterocycles. The van der Waals surface area contributed by atoms with Crippen LogP contribution >= 0.6 is 0 Å². The van der Waals surface area contributed by atoms with Crippen LogP contribution in [0.2, 0.25) is 0 Å². The fourth-order valence-electron chi connectivity index (χ4n) is 2.87. The van der Waals surface area contributed by atoms with E-state index in [9.17, 15) is 0 Å². The molecule has 0 bridgehead atoms. The molecule has 0 aromatic heterocycles. The van der Waals surface area contributed by atoms with Gasteiger partial charge in [-0.2, -0.15) is 0 Å². The molecule has 2 atom stereocenters. The van der Waals surface area contributed by atoms with Crippen molar-refractivity contribution < 1.29 is 0 Å². The average molecular weight is 242 g/mol. The summed E-state index contributed by atoms with van der Waals surface area (Å²) in [6.45, 7) is 14.0. The van der Waals surface area contributed by atoms with Crippen LogP contribution in [0.25, 0.3) is 0 Å². The van der Waals surface area contributed by atoms with Crippen molar-refractivity contribution in [3.63, 3.8) is 0 Å². The van der Waals surface area contributed by atoms with Gasteiger partial charge in [-0.3, -0.25) is 0 Å². The van der Waals surface area contributed by atoms with Crippen molar-refractivity contribution in [3.8, 4) is 0 Å². The summed E-state index contributed by atoms with van der Waals surface area (Å²) in [6.07, 6.45) is 3.86. The first-order valence-corrected chi connectivity index (χ1v) is 7.19. The molecule has 17 heavy (non-hydrogen) atoms. The molecule has 0 aliphatic carbocycles. The van der Waals surface area contributed by atoms with Gasteiger partial charge >= 0.3 is 0 Å². The minimum atomic E-state index is 0.406. The lowest BCUT2D eigenvalue weighted by Crippen LogP contribution is -2.43. The Morgan fingerprint density at radius 1 is 1.24 bits per heavy atom. The molecule has 0 aromatic rings. The first-order chi connectivity index (χ1) is 7.84. The zero-order chi connectivity index (χ0) is 13.5. The molecule has 0 aliphatic rings. The molecule has 104 valence electrons. The zero-order valence-electron chi connectivity index (χ0n) is 13.1. The topological polar surface area (TPSA) is 15.3 Å². The van der Waals surface area contributed by atoms with Crippen LogP contribution in [0.15, 0.2) is 0 Å². The van der Waals surface area contributed by atoms with Crippen LogP contribution < -0.4 is 5.32 Å². The second kappa shape index (κ2) is 8.10. The van der Waals surface area contributed by atoms with Crippen LogP contribution in [0, 0.1) is 11.3 Å². The Kier molecular flexibility index (Phi) is 8.06. The third-order valence-corrected chi connectivity index (χ3v) is 3.65. The maximum absolute atomic E-state index is 3.35. The second-order valence-electron chi connectivity index (χ2n) is 6.48. The Bertz CT molecular complexity index is 183. The van der Waals surface area contributed by atoms with Gasteiger partial charge in [0.1, 0.15) is 0 Å². The highest BCUT2D eigenvalue weighted by Crippen LogP contribution is 2.25. The molecule has 0 spiro atoms. The minimum Gasteiger partial charge on any atom is -0.319 e. The van der Waals surface area contributed by atoms with Crippen LogP contribution in [0.1, 0.15) is 53.9 Å². The molecule has 1 N–H and O–H groups in total. The van der Waals surface area contributed by atoms with Gasteiger partial charge in [0.2, 0.25) is 0 Å². The van der Waals surface area contributed by atoms with Crippen molar-refractivity contribution in [3.05, 3.63) is 0 Å². The predicted molar refractivity (Wildman–Crippen MR) is 78.5 cm³/mol. The van der Waals surface area contributed by atoms with Gasteiger partial charge in [-0.15, -0.1) is 0 Å². The number of hydrogen-bond donors (Lipinski definition) is 1. The molecule has 2 nitrogen and oxygen atoms in total. The van der Waals surface area contributed by atoms with Crippen LogP contribution in [-0.4, -0.2) is 38.1 Å². The Balaban J connectivity index is 4.33. The van der Waals surface area contributed by atoms with E-state index in [1.165, 1.54) is 25.8 Å². The summed E-state index contributed by atoms with van der Waals surface area (Å²) in [6, 6.07) is 0.683. The lowest BCUT2D eigenvalue weighted by atomic mass is 9.84. The SMILES string of the molecule is CCCC(C)(CNC)CN(C)C(C)CC(C)C. The van der Waals surface area contributed by atoms with Crippen LogP contribution in [0.4, 0.5) is 0 Å². The summed E-state index contributed by atoms with van der Waals surface area (Å²) in [7, 11) is 4.34. The summed E-state index contributed by atoms with van der Waals surface area (Å²) in [5.74, 6) is 0.786. The predicted octanol–water partition coefficient (Wildman–Crippen LogP) is 3.38. The van der Waals surface area contributed by atoms with Crippen molar-refractivity contribution >= 4 is 0 Å². The van der Waals surface area contributed by atoms with Crippen molar-refractivity contribution in [1.29, 1.82) is 0 Å². The second-order valence-corrected chi connectivity index (χ2v) is 6.48. The molecule has 0 amide bonds. The van der Waals surface area contributed by atoms with Gasteiger partial charge in [0.25, 0.3) is 0 Å². The lowest BCUT2D eigenvalue weighted by Gasteiger charge is -2.37. The Labute approximate surface area is 109 Å². The van der Waals surface area contributed by atoms with Gasteiger partial charge in [-0.25, -0.2) is 0 Å². The van der Waals surface area contributed by atoms with Crippen molar-refractivity contribution in [2.45, 2.75) is 59.9 Å². The van der Waals surface area contributed by atoms with E-state index in [0.29, 0.717) is 11.5 Å². The largest absolute Gasteiger partial charge is 0.319 e. The van der Waals surface area contributed by atoms with E-state index in [4.69, 9.17) is 0 Å². The Morgan fingerprint density at radius 3 is 2.24 bits per heavy atom. The van der Waals surface area contributed by atoms with E-state index in [2.05, 4.69) is 58.9 Å². The third-order valence-electron chi connectivity index (χ3n) is 3.65. The zero-order valence-corrected chi connectivity index (χ0v) is 13.1. The summed E-state index contributed by atoms with van der Waals surface area (Å²) >= 11 is 0. The van der Waals surface area contributed by atoms with Gasteiger partial charge in [0.05, 0.1) is 0 Å². The van der Waals surface area contributed by atoms with Gasteiger partial charge < -0.3 is 10.2 Å². The molecule has 2 heteroatoms. The Hall–Kier alpha value is -0.0800. The number of hydrogen-bond acceptors (Lipinski definition) is 2. The van der Waals surface area contributed by atoms with E-state index in [1.807, 2.05) is 0 Å². The highest BCUT2D eigenvalue weighted by molar-refractivity contribution is 4.81. The molecule has 0 saturated carbocycles. The molecule has 0 saturated heterocycles. The minimum absolute atomic E-state index is 0.406. The fraction of sp³-hybridized carbons (Fsp3) is 1.00. The fourth-order valence-corrected chi connectivity index (χ4v) is 2.87. The molecular weight excluding hydrogens is 208 g/mol. The van der Waals surface area contributed by atoms with Crippen LogP contribution in [0.5, 0.6) is 0 Å². The standard InChI is InChI=1S/C15H34N2/c1-8-9-15(5,11-16-6)12-17(7)14(4)10-13(2)3/h13-14,16H,8-12H2,1-7H3. The first-order valence-electron chi connectivity index (χ1n) is 7.19. The van der Waals surface area contributed by atoms with E-state index in [1.54, 1.807) is 0 Å². The van der Waals surface area contributed by atoms with E-state index >= 15 is 0 Å². The highest BCUT2D eigenvalue weighted by Gasteiger charge is 2.26. The smallest absolute Gasteiger partial charge is 0.00665 e. The van der Waals surface area contributed by atoms with E-state index in [-0.39, 0.29) is 0 Å². The van der Waals surface area contributed by atoms with Gasteiger partial charge in [0, 0.05) is 19.1 Å². The number of rotatable bonds is 9. The summed E-state index contributed by atoms with van der Waals surface area (Å²) in [4.78, 5) is 2.53. The van der Waals surface area contributed by atoms with E-state index < -0.39 is 0 Å². The third kappa shape index (κ3) is 7.05. The van der Waals surface area contributed by atoms with Gasteiger partial charge in [0.15, 0.2) is 0 Å². The van der Waals surface area contributed by atoms with Crippen molar-refractivity contribution in [2.24, 2.45) is 11.3 Å². The van der Waals surface area contributed by atoms with E-state index in [0.717, 1.165) is 12.5 Å². The summed E-state index contributed by atoms with van der Waals surface area (Å²) in [5.41, 5.74) is 0.406. The first kappa shape index (κ1) is 16.9. The average Bonchev–Trinajstić information content (AvgIpc) is 2.16. The van der Waals surface area contributed by atoms with Crippen LogP contribution in [-0.2, 0) is 0 Å². The monoisotopic (exact) mass is 242 g/mol. The Morgan fingerprint density at radius 2 is 1.82 bits per heavy atom. The highest BCUT2D eigenvalue weighted by atomic mass is 15.1. The maximum Gasteiger partial charge on any atom is 0.00665 e. The molecule has 0 aliphatic heterocycles. The lowest BCUT2D eigenvalue weighted by molar-refractivity contribution is 0.133.